The molecule has 0 aromatic heterocycles. The Bertz CT molecular complexity index is 536. The van der Waals surface area contributed by atoms with Gasteiger partial charge in [-0.1, -0.05) is 12.8 Å². The molecule has 134 valence electrons. The third-order valence-electron chi connectivity index (χ3n) is 4.49. The zero-order valence-corrected chi connectivity index (χ0v) is 14.5. The summed E-state index contributed by atoms with van der Waals surface area (Å²) in [5, 5.41) is 16.1. The Balaban J connectivity index is 1.73. The standard InChI is InChI=1S/C18H28N2O4/c1-23-14-7-8-15(17(11-14)24-2)20-18(22)9-10-19-12-13-5-3-4-6-16(13)21/h7-8,11,13,16,19,21H,3-6,9-10,12H2,1-2H3,(H,20,22)/t13-,16-/m0/s1. The van der Waals surface area contributed by atoms with Gasteiger partial charge in [-0.3, -0.25) is 4.79 Å². The number of benzene rings is 1. The van der Waals surface area contributed by atoms with Crippen molar-refractivity contribution < 1.29 is 19.4 Å². The van der Waals surface area contributed by atoms with Crippen molar-refractivity contribution in [2.45, 2.75) is 38.2 Å². The second-order valence-electron chi connectivity index (χ2n) is 6.18. The molecule has 1 aromatic rings. The van der Waals surface area contributed by atoms with Crippen molar-refractivity contribution in [3.63, 3.8) is 0 Å². The Labute approximate surface area is 143 Å². The van der Waals surface area contributed by atoms with Crippen LogP contribution in [0.1, 0.15) is 32.1 Å². The van der Waals surface area contributed by atoms with Gasteiger partial charge in [-0.25, -0.2) is 0 Å². The molecule has 0 unspecified atom stereocenters. The van der Waals surface area contributed by atoms with Crippen molar-refractivity contribution in [2.24, 2.45) is 5.92 Å². The van der Waals surface area contributed by atoms with Gasteiger partial charge in [0.05, 0.1) is 26.0 Å². The summed E-state index contributed by atoms with van der Waals surface area (Å²) in [4.78, 5) is 12.1. The van der Waals surface area contributed by atoms with Crippen LogP contribution in [-0.2, 0) is 4.79 Å². The van der Waals surface area contributed by atoms with Crippen LogP contribution in [0.25, 0.3) is 0 Å². The second kappa shape index (κ2) is 9.49. The fourth-order valence-corrected chi connectivity index (χ4v) is 3.03. The number of nitrogens with one attached hydrogen (secondary N) is 2. The van der Waals surface area contributed by atoms with Gasteiger partial charge in [0.15, 0.2) is 0 Å². The van der Waals surface area contributed by atoms with Crippen molar-refractivity contribution in [1.82, 2.24) is 5.32 Å². The molecule has 24 heavy (non-hydrogen) atoms. The van der Waals surface area contributed by atoms with E-state index in [9.17, 15) is 9.90 Å². The van der Waals surface area contributed by atoms with Gasteiger partial charge in [0, 0.05) is 25.6 Å². The summed E-state index contributed by atoms with van der Waals surface area (Å²) in [7, 11) is 3.14. The van der Waals surface area contributed by atoms with Crippen LogP contribution in [0.4, 0.5) is 5.69 Å². The molecule has 0 bridgehead atoms. The van der Waals surface area contributed by atoms with Crippen LogP contribution >= 0.6 is 0 Å². The zero-order valence-electron chi connectivity index (χ0n) is 14.5. The van der Waals surface area contributed by atoms with Gasteiger partial charge in [0.2, 0.25) is 5.91 Å². The number of rotatable bonds is 8. The largest absolute Gasteiger partial charge is 0.497 e. The van der Waals surface area contributed by atoms with Gasteiger partial charge >= 0.3 is 0 Å². The number of aliphatic hydroxyl groups is 1. The highest BCUT2D eigenvalue weighted by molar-refractivity contribution is 5.92. The number of hydrogen-bond donors (Lipinski definition) is 3. The summed E-state index contributed by atoms with van der Waals surface area (Å²) in [5.74, 6) is 1.48. The number of amides is 1. The number of carbonyl (C=O) groups is 1. The van der Waals surface area contributed by atoms with E-state index in [1.165, 1.54) is 6.42 Å². The van der Waals surface area contributed by atoms with E-state index in [-0.39, 0.29) is 12.0 Å². The molecule has 3 N–H and O–H groups in total. The van der Waals surface area contributed by atoms with Crippen LogP contribution in [0, 0.1) is 5.92 Å². The van der Waals surface area contributed by atoms with Crippen LogP contribution < -0.4 is 20.1 Å². The lowest BCUT2D eigenvalue weighted by molar-refractivity contribution is -0.116. The number of hydrogen-bond acceptors (Lipinski definition) is 5. The summed E-state index contributed by atoms with van der Waals surface area (Å²) in [5.41, 5.74) is 0.631. The summed E-state index contributed by atoms with van der Waals surface area (Å²) in [6.45, 7) is 1.35. The predicted octanol–water partition coefficient (Wildman–Crippen LogP) is 2.17. The Morgan fingerprint density at radius 1 is 1.25 bits per heavy atom. The zero-order chi connectivity index (χ0) is 17.4. The van der Waals surface area contributed by atoms with Gasteiger partial charge in [0.25, 0.3) is 0 Å². The molecule has 0 spiro atoms. The molecule has 0 heterocycles. The molecule has 0 aliphatic heterocycles. The first-order valence-corrected chi connectivity index (χ1v) is 8.54. The second-order valence-corrected chi connectivity index (χ2v) is 6.18. The Morgan fingerprint density at radius 3 is 2.75 bits per heavy atom. The first kappa shape index (κ1) is 18.5. The van der Waals surface area contributed by atoms with Crippen LogP contribution in [0.5, 0.6) is 11.5 Å². The molecule has 1 aliphatic carbocycles. The fraction of sp³-hybridized carbons (Fsp3) is 0.611. The molecule has 1 amide bonds. The van der Waals surface area contributed by atoms with Crippen molar-refractivity contribution in [3.8, 4) is 11.5 Å². The summed E-state index contributed by atoms with van der Waals surface area (Å²) < 4.78 is 10.4. The molecule has 2 rings (SSSR count). The molecule has 2 atom stereocenters. The molecule has 0 radical (unpaired) electrons. The highest BCUT2D eigenvalue weighted by Crippen LogP contribution is 2.29. The lowest BCUT2D eigenvalue weighted by Gasteiger charge is -2.27. The van der Waals surface area contributed by atoms with E-state index < -0.39 is 0 Å². The minimum absolute atomic E-state index is 0.0739. The van der Waals surface area contributed by atoms with E-state index in [4.69, 9.17) is 9.47 Å². The molecule has 1 aromatic carbocycles. The first-order valence-electron chi connectivity index (χ1n) is 8.54. The molecule has 6 heteroatoms. The van der Waals surface area contributed by atoms with Crippen molar-refractivity contribution in [3.05, 3.63) is 18.2 Å². The van der Waals surface area contributed by atoms with Gasteiger partial charge in [-0.15, -0.1) is 0 Å². The van der Waals surface area contributed by atoms with Crippen LogP contribution in [-0.4, -0.2) is 44.4 Å². The smallest absolute Gasteiger partial charge is 0.225 e. The fourth-order valence-electron chi connectivity index (χ4n) is 3.03. The molecule has 1 aliphatic rings. The van der Waals surface area contributed by atoms with Gasteiger partial charge < -0.3 is 25.2 Å². The monoisotopic (exact) mass is 336 g/mol. The molecule has 6 nitrogen and oxygen atoms in total. The molecular formula is C18H28N2O4. The van der Waals surface area contributed by atoms with E-state index in [1.54, 1.807) is 32.4 Å². The maximum absolute atomic E-state index is 12.1. The van der Waals surface area contributed by atoms with Crippen LogP contribution in [0.2, 0.25) is 0 Å². The number of anilines is 1. The lowest BCUT2D eigenvalue weighted by Crippen LogP contribution is -2.35. The highest BCUT2D eigenvalue weighted by atomic mass is 16.5. The van der Waals surface area contributed by atoms with E-state index in [2.05, 4.69) is 10.6 Å². The minimum atomic E-state index is -0.205. The van der Waals surface area contributed by atoms with Gasteiger partial charge in [0.1, 0.15) is 11.5 Å². The van der Waals surface area contributed by atoms with Gasteiger partial charge in [-0.2, -0.15) is 0 Å². The van der Waals surface area contributed by atoms with Crippen LogP contribution in [0.3, 0.4) is 0 Å². The number of ether oxygens (including phenoxy) is 2. The van der Waals surface area contributed by atoms with Crippen molar-refractivity contribution >= 4 is 11.6 Å². The van der Waals surface area contributed by atoms with Crippen LogP contribution in [0.15, 0.2) is 18.2 Å². The topological polar surface area (TPSA) is 79.8 Å². The summed E-state index contributed by atoms with van der Waals surface area (Å²) >= 11 is 0. The molecule has 1 saturated carbocycles. The van der Waals surface area contributed by atoms with Crippen molar-refractivity contribution in [2.75, 3.05) is 32.6 Å². The van der Waals surface area contributed by atoms with E-state index in [0.717, 1.165) is 25.8 Å². The Morgan fingerprint density at radius 2 is 2.04 bits per heavy atom. The predicted molar refractivity (Wildman–Crippen MR) is 93.6 cm³/mol. The average molecular weight is 336 g/mol. The molecule has 0 saturated heterocycles. The Hall–Kier alpha value is -1.79. The Kier molecular flexibility index (Phi) is 7.34. The maximum Gasteiger partial charge on any atom is 0.225 e. The van der Waals surface area contributed by atoms with Crippen molar-refractivity contribution in [1.29, 1.82) is 0 Å². The molecular weight excluding hydrogens is 308 g/mol. The van der Waals surface area contributed by atoms with E-state index in [0.29, 0.717) is 36.1 Å². The minimum Gasteiger partial charge on any atom is -0.497 e. The number of aliphatic hydroxyl groups excluding tert-OH is 1. The SMILES string of the molecule is COc1ccc(NC(=O)CCNC[C@@H]2CCCC[C@@H]2O)c(OC)c1. The highest BCUT2D eigenvalue weighted by Gasteiger charge is 2.22. The van der Waals surface area contributed by atoms with E-state index >= 15 is 0 Å². The quantitative estimate of drug-likeness (QED) is 0.634. The maximum atomic E-state index is 12.1. The normalized spacial score (nSPS) is 20.5. The lowest BCUT2D eigenvalue weighted by atomic mass is 9.86. The summed E-state index contributed by atoms with van der Waals surface area (Å²) in [6.07, 6.45) is 4.42. The average Bonchev–Trinajstić information content (AvgIpc) is 2.60. The molecule has 1 fully saturated rings. The van der Waals surface area contributed by atoms with Gasteiger partial charge in [-0.05, 0) is 30.9 Å². The third kappa shape index (κ3) is 5.39. The van der Waals surface area contributed by atoms with E-state index in [1.807, 2.05) is 0 Å². The first-order chi connectivity index (χ1) is 11.6. The summed E-state index contributed by atoms with van der Waals surface area (Å²) in [6, 6.07) is 5.28. The third-order valence-corrected chi connectivity index (χ3v) is 4.49. The number of methoxy groups -OCH3 is 2. The number of carbonyl (C=O) groups excluding carboxylic acids is 1.